The van der Waals surface area contributed by atoms with Gasteiger partial charge in [-0.05, 0) is 36.4 Å². The molecule has 3 heteroatoms. The van der Waals surface area contributed by atoms with Crippen molar-refractivity contribution >= 4 is 17.3 Å². The van der Waals surface area contributed by atoms with Crippen molar-refractivity contribution in [2.45, 2.75) is 0 Å². The molecule has 2 nitrogen and oxygen atoms in total. The first-order chi connectivity index (χ1) is 8.76. The maximum Gasteiger partial charge on any atom is 0.150 e. The summed E-state index contributed by atoms with van der Waals surface area (Å²) in [5.74, 6) is 0.286. The second-order valence-corrected chi connectivity index (χ2v) is 4.04. The Morgan fingerprint density at radius 2 is 1.94 bits per heavy atom. The van der Waals surface area contributed by atoms with E-state index in [1.165, 1.54) is 12.1 Å². The largest absolute Gasteiger partial charge is 0.456 e. The molecule has 0 N–H and O–H groups in total. The zero-order valence-corrected chi connectivity index (χ0v) is 9.39. The van der Waals surface area contributed by atoms with Gasteiger partial charge in [0.05, 0.1) is 0 Å². The third-order valence-corrected chi connectivity index (χ3v) is 2.79. The smallest absolute Gasteiger partial charge is 0.150 e. The van der Waals surface area contributed by atoms with E-state index in [-0.39, 0.29) is 5.82 Å². The van der Waals surface area contributed by atoms with E-state index in [1.54, 1.807) is 36.4 Å². The van der Waals surface area contributed by atoms with Gasteiger partial charge in [-0.1, -0.05) is 12.1 Å². The first kappa shape index (κ1) is 10.7. The van der Waals surface area contributed by atoms with Crippen LogP contribution in [0.25, 0.3) is 22.3 Å². The van der Waals surface area contributed by atoms with Crippen molar-refractivity contribution in [1.82, 2.24) is 0 Å². The van der Waals surface area contributed by atoms with Gasteiger partial charge in [0.25, 0.3) is 0 Å². The number of hydrogen-bond donors (Lipinski definition) is 0. The summed E-state index contributed by atoms with van der Waals surface area (Å²) >= 11 is 0. The molecule has 0 aliphatic carbocycles. The lowest BCUT2D eigenvalue weighted by Crippen LogP contribution is -1.76. The molecule has 0 spiro atoms. The molecule has 3 rings (SSSR count). The SMILES string of the molecule is O=Cc1ccc2oc(-c3cccc(F)c3)cc2c1. The maximum atomic E-state index is 13.1. The summed E-state index contributed by atoms with van der Waals surface area (Å²) in [6, 6.07) is 13.2. The second-order valence-electron chi connectivity index (χ2n) is 4.04. The number of fused-ring (bicyclic) bond motifs is 1. The van der Waals surface area contributed by atoms with Crippen molar-refractivity contribution < 1.29 is 13.6 Å². The number of halogens is 1. The van der Waals surface area contributed by atoms with Crippen LogP contribution in [-0.4, -0.2) is 6.29 Å². The highest BCUT2D eigenvalue weighted by Gasteiger charge is 2.07. The lowest BCUT2D eigenvalue weighted by atomic mass is 10.1. The molecule has 0 saturated heterocycles. The molecule has 18 heavy (non-hydrogen) atoms. The lowest BCUT2D eigenvalue weighted by molar-refractivity contribution is 0.112. The van der Waals surface area contributed by atoms with E-state index in [9.17, 15) is 9.18 Å². The molecule has 0 saturated carbocycles. The molecule has 0 bridgehead atoms. The summed E-state index contributed by atoms with van der Waals surface area (Å²) in [6.07, 6.45) is 0.786. The van der Waals surface area contributed by atoms with Gasteiger partial charge in [-0.2, -0.15) is 0 Å². The Balaban J connectivity index is 2.16. The third-order valence-electron chi connectivity index (χ3n) is 2.79. The number of benzene rings is 2. The van der Waals surface area contributed by atoms with Crippen LogP contribution in [0.2, 0.25) is 0 Å². The van der Waals surface area contributed by atoms with Crippen molar-refractivity contribution in [3.63, 3.8) is 0 Å². The minimum atomic E-state index is -0.304. The van der Waals surface area contributed by atoms with Crippen molar-refractivity contribution in [2.24, 2.45) is 0 Å². The molecule has 2 aromatic carbocycles. The molecular formula is C15H9FO2. The van der Waals surface area contributed by atoms with Crippen LogP contribution in [0.5, 0.6) is 0 Å². The van der Waals surface area contributed by atoms with E-state index in [4.69, 9.17) is 4.42 Å². The first-order valence-electron chi connectivity index (χ1n) is 5.51. The van der Waals surface area contributed by atoms with E-state index >= 15 is 0 Å². The summed E-state index contributed by atoms with van der Waals surface area (Å²) in [4.78, 5) is 10.7. The van der Waals surface area contributed by atoms with Gasteiger partial charge in [0, 0.05) is 16.5 Å². The van der Waals surface area contributed by atoms with Crippen molar-refractivity contribution in [3.8, 4) is 11.3 Å². The molecule has 0 amide bonds. The molecule has 0 radical (unpaired) electrons. The minimum Gasteiger partial charge on any atom is -0.456 e. The predicted octanol–water partition coefficient (Wildman–Crippen LogP) is 4.05. The van der Waals surface area contributed by atoms with E-state index in [0.717, 1.165) is 11.7 Å². The normalized spacial score (nSPS) is 10.7. The summed E-state index contributed by atoms with van der Waals surface area (Å²) in [5.41, 5.74) is 1.95. The Labute approximate surface area is 103 Å². The minimum absolute atomic E-state index is 0.304. The van der Waals surface area contributed by atoms with Gasteiger partial charge in [0.2, 0.25) is 0 Å². The number of hydrogen-bond acceptors (Lipinski definition) is 2. The molecule has 0 aliphatic heterocycles. The van der Waals surface area contributed by atoms with Crippen LogP contribution >= 0.6 is 0 Å². The molecule has 1 heterocycles. The molecular weight excluding hydrogens is 231 g/mol. The second kappa shape index (κ2) is 4.11. The molecule has 0 unspecified atom stereocenters. The quantitative estimate of drug-likeness (QED) is 0.632. The fourth-order valence-electron chi connectivity index (χ4n) is 1.92. The third kappa shape index (κ3) is 1.80. The van der Waals surface area contributed by atoms with Gasteiger partial charge in [-0.3, -0.25) is 4.79 Å². The van der Waals surface area contributed by atoms with Gasteiger partial charge in [0.1, 0.15) is 23.4 Å². The molecule has 3 aromatic rings. The van der Waals surface area contributed by atoms with Gasteiger partial charge in [-0.25, -0.2) is 4.39 Å². The summed E-state index contributed by atoms with van der Waals surface area (Å²) in [5, 5.41) is 0.832. The van der Waals surface area contributed by atoms with Crippen LogP contribution in [0, 0.1) is 5.82 Å². The number of carbonyl (C=O) groups is 1. The fraction of sp³-hybridized carbons (Fsp3) is 0. The topological polar surface area (TPSA) is 30.2 Å². The van der Waals surface area contributed by atoms with E-state index < -0.39 is 0 Å². The highest BCUT2D eigenvalue weighted by Crippen LogP contribution is 2.28. The Bertz CT molecular complexity index is 728. The number of rotatable bonds is 2. The molecule has 0 fully saturated rings. The highest BCUT2D eigenvalue weighted by atomic mass is 19.1. The number of furan rings is 1. The molecule has 0 atom stereocenters. The summed E-state index contributed by atoms with van der Waals surface area (Å²) < 4.78 is 18.8. The molecule has 88 valence electrons. The zero-order valence-electron chi connectivity index (χ0n) is 9.39. The van der Waals surface area contributed by atoms with Crippen molar-refractivity contribution in [2.75, 3.05) is 0 Å². The van der Waals surface area contributed by atoms with Crippen LogP contribution in [0.15, 0.2) is 52.9 Å². The Kier molecular flexibility index (Phi) is 2.45. The van der Waals surface area contributed by atoms with Crippen LogP contribution in [-0.2, 0) is 0 Å². The summed E-state index contributed by atoms with van der Waals surface area (Å²) in [6.45, 7) is 0. The Morgan fingerprint density at radius 3 is 2.72 bits per heavy atom. The lowest BCUT2D eigenvalue weighted by Gasteiger charge is -1.95. The Hall–Kier alpha value is -2.42. The Morgan fingerprint density at radius 1 is 1.06 bits per heavy atom. The van der Waals surface area contributed by atoms with E-state index in [1.807, 2.05) is 0 Å². The van der Waals surface area contributed by atoms with E-state index in [2.05, 4.69) is 0 Å². The molecule has 1 aromatic heterocycles. The highest BCUT2D eigenvalue weighted by molar-refractivity contribution is 5.88. The van der Waals surface area contributed by atoms with E-state index in [0.29, 0.717) is 22.5 Å². The van der Waals surface area contributed by atoms with Crippen LogP contribution in [0.3, 0.4) is 0 Å². The maximum absolute atomic E-state index is 13.1. The van der Waals surface area contributed by atoms with Crippen molar-refractivity contribution in [3.05, 3.63) is 59.9 Å². The average molecular weight is 240 g/mol. The van der Waals surface area contributed by atoms with Gasteiger partial charge < -0.3 is 4.42 Å². The predicted molar refractivity (Wildman–Crippen MR) is 67.0 cm³/mol. The summed E-state index contributed by atoms with van der Waals surface area (Å²) in [7, 11) is 0. The van der Waals surface area contributed by atoms with Crippen LogP contribution in [0.4, 0.5) is 4.39 Å². The monoisotopic (exact) mass is 240 g/mol. The zero-order chi connectivity index (χ0) is 12.5. The van der Waals surface area contributed by atoms with Gasteiger partial charge in [0.15, 0.2) is 0 Å². The fourth-order valence-corrected chi connectivity index (χ4v) is 1.92. The van der Waals surface area contributed by atoms with Gasteiger partial charge >= 0.3 is 0 Å². The standard InChI is InChI=1S/C15H9FO2/c16-13-3-1-2-11(7-13)15-8-12-6-10(9-17)4-5-14(12)18-15/h1-9H. The van der Waals surface area contributed by atoms with Crippen LogP contribution in [0.1, 0.15) is 10.4 Å². The van der Waals surface area contributed by atoms with Crippen LogP contribution < -0.4 is 0 Å². The van der Waals surface area contributed by atoms with Crippen molar-refractivity contribution in [1.29, 1.82) is 0 Å². The van der Waals surface area contributed by atoms with Gasteiger partial charge in [-0.15, -0.1) is 0 Å². The number of carbonyl (C=O) groups excluding carboxylic acids is 1. The average Bonchev–Trinajstić information content (AvgIpc) is 2.81. The molecule has 0 aliphatic rings. The number of aldehydes is 1. The first-order valence-corrected chi connectivity index (χ1v) is 5.51.